The lowest BCUT2D eigenvalue weighted by Crippen LogP contribution is -2.39. The number of hydrogen-bond donors (Lipinski definition) is 1. The zero-order chi connectivity index (χ0) is 19.8. The van der Waals surface area contributed by atoms with Crippen LogP contribution in [0.3, 0.4) is 0 Å². The molecule has 0 saturated heterocycles. The number of para-hydroxylation sites is 1. The van der Waals surface area contributed by atoms with Crippen LogP contribution < -0.4 is 15.8 Å². The van der Waals surface area contributed by atoms with E-state index in [9.17, 15) is 9.59 Å². The van der Waals surface area contributed by atoms with E-state index < -0.39 is 10.9 Å². The Morgan fingerprint density at radius 3 is 2.59 bits per heavy atom. The molecule has 0 radical (unpaired) electrons. The Morgan fingerprint density at radius 2 is 1.96 bits per heavy atom. The summed E-state index contributed by atoms with van der Waals surface area (Å²) in [5.74, 6) is 1.97. The van der Waals surface area contributed by atoms with Crippen molar-refractivity contribution in [2.24, 2.45) is 0 Å². The highest BCUT2D eigenvalue weighted by Crippen LogP contribution is 2.48. The summed E-state index contributed by atoms with van der Waals surface area (Å²) >= 11 is 0. The van der Waals surface area contributed by atoms with Crippen LogP contribution >= 0.6 is 0 Å². The maximum Gasteiger partial charge on any atom is 0.236 e. The number of nitrogens with zero attached hydrogens (tertiary/aromatic N) is 2. The molecule has 0 aliphatic carbocycles. The van der Waals surface area contributed by atoms with Crippen molar-refractivity contribution >= 4 is 23.2 Å². The highest BCUT2D eigenvalue weighted by molar-refractivity contribution is 5.99. The van der Waals surface area contributed by atoms with E-state index in [1.54, 1.807) is 12.1 Å². The summed E-state index contributed by atoms with van der Waals surface area (Å²) in [7, 11) is 0. The molecule has 0 spiro atoms. The van der Waals surface area contributed by atoms with E-state index in [0.29, 0.717) is 0 Å². The highest BCUT2D eigenvalue weighted by atomic mass is 16.2. The molecule has 0 amide bonds. The molecule has 136 valence electrons. The number of anilines is 1. The molecule has 5 heteroatoms. The van der Waals surface area contributed by atoms with E-state index in [-0.39, 0.29) is 22.1 Å². The summed E-state index contributed by atoms with van der Waals surface area (Å²) in [6.45, 7) is 7.11. The maximum absolute atomic E-state index is 12.2. The van der Waals surface area contributed by atoms with E-state index in [2.05, 4.69) is 37.8 Å². The van der Waals surface area contributed by atoms with Crippen LogP contribution in [-0.2, 0) is 5.41 Å². The summed E-state index contributed by atoms with van der Waals surface area (Å²) < 4.78 is 0. The van der Waals surface area contributed by atoms with Crippen LogP contribution in [0.1, 0.15) is 50.3 Å². The third-order valence-corrected chi connectivity index (χ3v) is 5.25. The summed E-state index contributed by atoms with van der Waals surface area (Å²) in [5.41, 5.74) is 1.53. The van der Waals surface area contributed by atoms with Gasteiger partial charge in [-0.3, -0.25) is 15.0 Å². The molecule has 1 aliphatic rings. The smallest absolute Gasteiger partial charge is 0.236 e. The van der Waals surface area contributed by atoms with Crippen molar-refractivity contribution in [3.63, 3.8) is 0 Å². The first-order chi connectivity index (χ1) is 12.9. The van der Waals surface area contributed by atoms with Crippen LogP contribution in [0.5, 0.6) is 0 Å². The van der Waals surface area contributed by atoms with Crippen LogP contribution in [0.2, 0.25) is 0 Å². The normalized spacial score (nSPS) is 16.2. The predicted molar refractivity (Wildman–Crippen MR) is 108 cm³/mol. The Hall–Kier alpha value is -3.22. The number of nitrogens with one attached hydrogen (secondary N) is 1. The first kappa shape index (κ1) is 18.6. The summed E-state index contributed by atoms with van der Waals surface area (Å²) in [6, 6.07) is 9.92. The Balaban J connectivity index is 2.20. The van der Waals surface area contributed by atoms with Crippen molar-refractivity contribution in [1.82, 2.24) is 0 Å². The van der Waals surface area contributed by atoms with Gasteiger partial charge in [-0.05, 0) is 30.0 Å². The van der Waals surface area contributed by atoms with Gasteiger partial charge in [0.05, 0.1) is 5.56 Å². The van der Waals surface area contributed by atoms with Gasteiger partial charge in [-0.15, -0.1) is 0 Å². The van der Waals surface area contributed by atoms with Crippen molar-refractivity contribution in [2.45, 2.75) is 39.0 Å². The molecule has 0 fully saturated rings. The highest BCUT2D eigenvalue weighted by Gasteiger charge is 2.40. The van der Waals surface area contributed by atoms with Crippen LogP contribution in [-0.4, -0.2) is 12.4 Å². The van der Waals surface area contributed by atoms with Crippen molar-refractivity contribution in [1.29, 1.82) is 10.7 Å². The molecular formula is C22H21N3O2. The second-order valence-electron chi connectivity index (χ2n) is 7.24. The van der Waals surface area contributed by atoms with Gasteiger partial charge in [0.15, 0.2) is 0 Å². The number of allylic oxidation sites excluding steroid dienone is 2. The van der Waals surface area contributed by atoms with Crippen molar-refractivity contribution < 1.29 is 0 Å². The molecule has 0 bridgehead atoms. The molecule has 2 aromatic carbocycles. The quantitative estimate of drug-likeness (QED) is 0.504. The van der Waals surface area contributed by atoms with Gasteiger partial charge < -0.3 is 4.90 Å². The first-order valence-electron chi connectivity index (χ1n) is 9.01. The molecule has 3 rings (SSSR count). The monoisotopic (exact) mass is 359 g/mol. The Morgan fingerprint density at radius 1 is 1.26 bits per heavy atom. The molecule has 1 aliphatic heterocycles. The number of hydrogen-bond acceptors (Lipinski definition) is 5. The lowest BCUT2D eigenvalue weighted by Gasteiger charge is -2.27. The molecule has 0 saturated carbocycles. The fraction of sp³-hybridized carbons (Fsp3) is 0.318. The molecule has 1 N–H and O–H groups in total. The van der Waals surface area contributed by atoms with Gasteiger partial charge in [0, 0.05) is 28.9 Å². The SMILES string of the molecule is CCCCN1/C(=C\c2c(C(=C=N)C#N)c(=O)c2=O)C(C)(C)c2ccccc21. The van der Waals surface area contributed by atoms with Crippen LogP contribution in [0.4, 0.5) is 5.69 Å². The van der Waals surface area contributed by atoms with E-state index in [1.165, 1.54) is 0 Å². The van der Waals surface area contributed by atoms with Crippen LogP contribution in [0, 0.1) is 16.7 Å². The van der Waals surface area contributed by atoms with Crippen LogP contribution in [0.25, 0.3) is 11.6 Å². The first-order valence-corrected chi connectivity index (χ1v) is 9.01. The number of nitriles is 1. The largest absolute Gasteiger partial charge is 0.344 e. The number of unbranched alkanes of at least 4 members (excludes halogenated alkanes) is 1. The number of rotatable bonds is 5. The fourth-order valence-corrected chi connectivity index (χ4v) is 3.74. The molecule has 27 heavy (non-hydrogen) atoms. The minimum atomic E-state index is -0.716. The second-order valence-corrected chi connectivity index (χ2v) is 7.24. The van der Waals surface area contributed by atoms with Gasteiger partial charge in [0.2, 0.25) is 10.9 Å². The van der Waals surface area contributed by atoms with Gasteiger partial charge in [-0.25, -0.2) is 0 Å². The molecule has 0 unspecified atom stereocenters. The molecular weight excluding hydrogens is 338 g/mol. The minimum absolute atomic E-state index is 0.00666. The van der Waals surface area contributed by atoms with Gasteiger partial charge in [0.1, 0.15) is 11.6 Å². The third-order valence-electron chi connectivity index (χ3n) is 5.25. The van der Waals surface area contributed by atoms with Crippen molar-refractivity contribution in [3.8, 4) is 6.07 Å². The Labute approximate surface area is 158 Å². The van der Waals surface area contributed by atoms with Crippen molar-refractivity contribution in [2.75, 3.05) is 11.4 Å². The molecule has 5 nitrogen and oxygen atoms in total. The molecule has 0 aromatic heterocycles. The molecule has 1 heterocycles. The van der Waals surface area contributed by atoms with Gasteiger partial charge in [0.25, 0.3) is 0 Å². The molecule has 0 atom stereocenters. The summed E-state index contributed by atoms with van der Waals surface area (Å²) in [5, 5.41) is 16.4. The minimum Gasteiger partial charge on any atom is -0.344 e. The average Bonchev–Trinajstić information content (AvgIpc) is 2.89. The summed E-state index contributed by atoms with van der Waals surface area (Å²) in [6.07, 6.45) is 3.75. The fourth-order valence-electron chi connectivity index (χ4n) is 3.74. The van der Waals surface area contributed by atoms with E-state index in [1.807, 2.05) is 18.0 Å². The zero-order valence-electron chi connectivity index (χ0n) is 15.7. The van der Waals surface area contributed by atoms with Crippen LogP contribution in [0.15, 0.2) is 39.6 Å². The zero-order valence-corrected chi connectivity index (χ0v) is 15.7. The van der Waals surface area contributed by atoms with Gasteiger partial charge in [-0.2, -0.15) is 5.26 Å². The Bertz CT molecular complexity index is 1100. The topological polar surface area (TPSA) is 85.0 Å². The lowest BCUT2D eigenvalue weighted by atomic mass is 9.82. The van der Waals surface area contributed by atoms with E-state index >= 15 is 0 Å². The standard InChI is InChI=1S/C22H21N3O2/c1-4-5-10-25-17-9-7-6-8-16(17)22(2,3)18(25)11-15-19(14(12-23)13-24)21(27)20(15)26/h6-9,11,23H,4-5,10H2,1-3H3/b18-11-. The summed E-state index contributed by atoms with van der Waals surface area (Å²) in [4.78, 5) is 26.4. The Kier molecular flexibility index (Phi) is 4.70. The third kappa shape index (κ3) is 2.75. The number of fused-ring (bicyclic) bond motifs is 1. The molecule has 2 aromatic rings. The second kappa shape index (κ2) is 6.83. The average molecular weight is 359 g/mol. The lowest BCUT2D eigenvalue weighted by molar-refractivity contribution is 0.629. The van der Waals surface area contributed by atoms with Crippen molar-refractivity contribution in [3.05, 3.63) is 67.1 Å². The predicted octanol–water partition coefficient (Wildman–Crippen LogP) is 3.38. The maximum atomic E-state index is 12.2. The van der Waals surface area contributed by atoms with E-state index in [0.717, 1.165) is 36.3 Å². The van der Waals surface area contributed by atoms with Gasteiger partial charge in [-0.1, -0.05) is 45.4 Å². The van der Waals surface area contributed by atoms with E-state index in [4.69, 9.17) is 10.7 Å². The number of benzene rings is 1. The van der Waals surface area contributed by atoms with Gasteiger partial charge >= 0.3 is 0 Å².